The minimum absolute atomic E-state index is 0.0550. The maximum absolute atomic E-state index is 13.5. The van der Waals surface area contributed by atoms with Gasteiger partial charge in [-0.15, -0.1) is 0 Å². The van der Waals surface area contributed by atoms with E-state index in [0.717, 1.165) is 23.0 Å². The molecule has 112 valence electrons. The minimum Gasteiger partial charge on any atom is -0.306 e. The lowest BCUT2D eigenvalue weighted by Crippen LogP contribution is -2.24. The number of rotatable bonds is 5. The van der Waals surface area contributed by atoms with Crippen molar-refractivity contribution in [3.63, 3.8) is 0 Å². The minimum atomic E-state index is -0.237. The summed E-state index contributed by atoms with van der Waals surface area (Å²) < 4.78 is 15.1. The predicted octanol–water partition coefficient (Wildman–Crippen LogP) is 5.75. The number of nitrogens with one attached hydrogen (secondary N) is 1. The third-order valence-electron chi connectivity index (χ3n) is 3.50. The van der Waals surface area contributed by atoms with Crippen LogP contribution in [0.25, 0.3) is 0 Å². The highest BCUT2D eigenvalue weighted by Crippen LogP contribution is 2.31. The molecule has 1 N–H and O–H groups in total. The maximum Gasteiger partial charge on any atom is 0.137 e. The van der Waals surface area contributed by atoms with Gasteiger partial charge in [-0.25, -0.2) is 4.39 Å². The zero-order valence-electron chi connectivity index (χ0n) is 12.1. The van der Waals surface area contributed by atoms with E-state index >= 15 is 0 Å². The van der Waals surface area contributed by atoms with Gasteiger partial charge in [0.05, 0.1) is 10.5 Å². The molecule has 0 saturated carbocycles. The zero-order chi connectivity index (χ0) is 15.4. The molecule has 21 heavy (non-hydrogen) atoms. The van der Waals surface area contributed by atoms with Gasteiger partial charge in [-0.05, 0) is 70.7 Å². The number of benzene rings is 2. The Morgan fingerprint density at radius 2 is 1.90 bits per heavy atom. The topological polar surface area (TPSA) is 12.0 Å². The van der Waals surface area contributed by atoms with Crippen LogP contribution in [0.2, 0.25) is 0 Å². The van der Waals surface area contributed by atoms with Crippen molar-refractivity contribution < 1.29 is 4.39 Å². The molecule has 0 aromatic heterocycles. The Kier molecular flexibility index (Phi) is 5.97. The predicted molar refractivity (Wildman–Crippen MR) is 93.1 cm³/mol. The molecule has 0 fully saturated rings. The molecule has 2 aromatic rings. The van der Waals surface area contributed by atoms with Crippen molar-refractivity contribution in [3.8, 4) is 0 Å². The first-order chi connectivity index (χ1) is 10.0. The standard InChI is InChI=1S/C17H18Br2FN/c1-3-9-21-17(12-7-8-16(20)15(19)10-12)13-5-4-6-14(18)11(13)2/h4-8,10,17,21H,3,9H2,1-2H3. The molecule has 4 heteroatoms. The fraction of sp³-hybridized carbons (Fsp3) is 0.294. The average Bonchev–Trinajstić information content (AvgIpc) is 2.47. The van der Waals surface area contributed by atoms with Crippen LogP contribution in [0.15, 0.2) is 45.3 Å². The van der Waals surface area contributed by atoms with Crippen LogP contribution >= 0.6 is 31.9 Å². The van der Waals surface area contributed by atoms with Crippen LogP contribution in [0, 0.1) is 12.7 Å². The van der Waals surface area contributed by atoms with Crippen LogP contribution in [0.3, 0.4) is 0 Å². The van der Waals surface area contributed by atoms with Crippen LogP contribution < -0.4 is 5.32 Å². The summed E-state index contributed by atoms with van der Waals surface area (Å²) in [7, 11) is 0. The van der Waals surface area contributed by atoms with E-state index < -0.39 is 0 Å². The molecule has 1 atom stereocenters. The van der Waals surface area contributed by atoms with Crippen molar-refractivity contribution in [2.75, 3.05) is 6.54 Å². The highest BCUT2D eigenvalue weighted by atomic mass is 79.9. The second kappa shape index (κ2) is 7.52. The van der Waals surface area contributed by atoms with Crippen LogP contribution in [0.4, 0.5) is 4.39 Å². The van der Waals surface area contributed by atoms with E-state index in [4.69, 9.17) is 0 Å². The largest absolute Gasteiger partial charge is 0.306 e. The van der Waals surface area contributed by atoms with E-state index in [-0.39, 0.29) is 11.9 Å². The lowest BCUT2D eigenvalue weighted by molar-refractivity contribution is 0.589. The van der Waals surface area contributed by atoms with Crippen molar-refractivity contribution >= 4 is 31.9 Å². The van der Waals surface area contributed by atoms with Gasteiger partial charge in [-0.2, -0.15) is 0 Å². The Morgan fingerprint density at radius 1 is 1.14 bits per heavy atom. The fourth-order valence-corrected chi connectivity index (χ4v) is 3.10. The molecule has 0 aliphatic heterocycles. The first-order valence-electron chi connectivity index (χ1n) is 6.98. The van der Waals surface area contributed by atoms with Gasteiger partial charge in [-0.3, -0.25) is 0 Å². The molecule has 0 aliphatic rings. The fourth-order valence-electron chi connectivity index (χ4n) is 2.32. The lowest BCUT2D eigenvalue weighted by atomic mass is 9.95. The Hall–Kier alpha value is -0.710. The normalized spacial score (nSPS) is 12.4. The Bertz CT molecular complexity index is 628. The van der Waals surface area contributed by atoms with Crippen LogP contribution in [-0.4, -0.2) is 6.54 Å². The summed E-state index contributed by atoms with van der Waals surface area (Å²) in [6.45, 7) is 5.14. The Balaban J connectivity index is 2.47. The molecule has 0 bridgehead atoms. The molecule has 0 amide bonds. The number of hydrogen-bond donors (Lipinski definition) is 1. The smallest absolute Gasteiger partial charge is 0.137 e. The summed E-state index contributed by atoms with van der Waals surface area (Å²) >= 11 is 6.86. The second-order valence-electron chi connectivity index (χ2n) is 5.01. The quantitative estimate of drug-likeness (QED) is 0.656. The first-order valence-corrected chi connectivity index (χ1v) is 8.56. The van der Waals surface area contributed by atoms with E-state index in [0.29, 0.717) is 4.47 Å². The Labute approximate surface area is 142 Å². The van der Waals surface area contributed by atoms with Gasteiger partial charge in [0, 0.05) is 4.47 Å². The van der Waals surface area contributed by atoms with Crippen molar-refractivity contribution in [1.82, 2.24) is 5.32 Å². The zero-order valence-corrected chi connectivity index (χ0v) is 15.3. The van der Waals surface area contributed by atoms with Gasteiger partial charge >= 0.3 is 0 Å². The van der Waals surface area contributed by atoms with Crippen molar-refractivity contribution in [2.24, 2.45) is 0 Å². The third-order valence-corrected chi connectivity index (χ3v) is 4.96. The molecule has 1 nitrogen and oxygen atoms in total. The first kappa shape index (κ1) is 16.7. The highest BCUT2D eigenvalue weighted by Gasteiger charge is 2.17. The molecule has 0 saturated heterocycles. The summed E-state index contributed by atoms with van der Waals surface area (Å²) in [6, 6.07) is 11.4. The van der Waals surface area contributed by atoms with Crippen molar-refractivity contribution in [1.29, 1.82) is 0 Å². The second-order valence-corrected chi connectivity index (χ2v) is 6.72. The summed E-state index contributed by atoms with van der Waals surface area (Å²) in [4.78, 5) is 0. The van der Waals surface area contributed by atoms with E-state index in [9.17, 15) is 4.39 Å². The molecule has 2 aromatic carbocycles. The van der Waals surface area contributed by atoms with E-state index in [1.165, 1.54) is 17.2 Å². The van der Waals surface area contributed by atoms with Crippen LogP contribution in [0.1, 0.15) is 36.1 Å². The molecule has 0 heterocycles. The maximum atomic E-state index is 13.5. The van der Waals surface area contributed by atoms with Crippen molar-refractivity contribution in [2.45, 2.75) is 26.3 Å². The molecule has 0 aliphatic carbocycles. The number of halogens is 3. The number of hydrogen-bond acceptors (Lipinski definition) is 1. The summed E-state index contributed by atoms with van der Waals surface area (Å²) in [5, 5.41) is 3.55. The average molecular weight is 415 g/mol. The molecule has 1 unspecified atom stereocenters. The summed E-state index contributed by atoms with van der Waals surface area (Å²) in [5.41, 5.74) is 3.46. The van der Waals surface area contributed by atoms with E-state index in [2.05, 4.69) is 57.1 Å². The van der Waals surface area contributed by atoms with E-state index in [1.54, 1.807) is 0 Å². The summed E-state index contributed by atoms with van der Waals surface area (Å²) in [6.07, 6.45) is 1.05. The lowest BCUT2D eigenvalue weighted by Gasteiger charge is -2.22. The van der Waals surface area contributed by atoms with Gasteiger partial charge in [-0.1, -0.05) is 41.1 Å². The van der Waals surface area contributed by atoms with Gasteiger partial charge in [0.25, 0.3) is 0 Å². The third kappa shape index (κ3) is 3.93. The van der Waals surface area contributed by atoms with Gasteiger partial charge in [0.1, 0.15) is 5.82 Å². The van der Waals surface area contributed by atoms with Gasteiger partial charge in [0.15, 0.2) is 0 Å². The van der Waals surface area contributed by atoms with Crippen LogP contribution in [-0.2, 0) is 0 Å². The Morgan fingerprint density at radius 3 is 2.57 bits per heavy atom. The molecular formula is C17H18Br2FN. The van der Waals surface area contributed by atoms with E-state index in [1.807, 2.05) is 24.3 Å². The monoisotopic (exact) mass is 413 g/mol. The van der Waals surface area contributed by atoms with Crippen molar-refractivity contribution in [3.05, 3.63) is 67.9 Å². The van der Waals surface area contributed by atoms with Gasteiger partial charge in [0.2, 0.25) is 0 Å². The summed E-state index contributed by atoms with van der Waals surface area (Å²) in [5.74, 6) is -0.237. The SMILES string of the molecule is CCCNC(c1ccc(F)c(Br)c1)c1cccc(Br)c1C. The highest BCUT2D eigenvalue weighted by molar-refractivity contribution is 9.10. The molecule has 0 radical (unpaired) electrons. The molecular weight excluding hydrogens is 397 g/mol. The molecule has 2 rings (SSSR count). The van der Waals surface area contributed by atoms with Crippen LogP contribution in [0.5, 0.6) is 0 Å². The molecule has 0 spiro atoms. The van der Waals surface area contributed by atoms with Gasteiger partial charge < -0.3 is 5.32 Å².